The van der Waals surface area contributed by atoms with Crippen molar-refractivity contribution in [1.29, 1.82) is 0 Å². The van der Waals surface area contributed by atoms with E-state index in [9.17, 15) is 0 Å². The van der Waals surface area contributed by atoms with E-state index in [-0.39, 0.29) is 0 Å². The number of rotatable bonds is 7. The fraction of sp³-hybridized carbons (Fsp3) is 0.600. The summed E-state index contributed by atoms with van der Waals surface area (Å²) < 4.78 is 11.0. The first-order valence-corrected chi connectivity index (χ1v) is 6.82. The van der Waals surface area contributed by atoms with Crippen LogP contribution in [0.4, 0.5) is 0 Å². The molecule has 3 heteroatoms. The van der Waals surface area contributed by atoms with Crippen molar-refractivity contribution in [3.05, 3.63) is 36.3 Å². The second-order valence-electron chi connectivity index (χ2n) is 5.01. The van der Waals surface area contributed by atoms with Crippen molar-refractivity contribution in [2.45, 2.75) is 26.3 Å². The SMILES string of the molecule is CC1CC=CCC1COCCNCc1ccco1. The van der Waals surface area contributed by atoms with Crippen molar-refractivity contribution in [2.75, 3.05) is 19.8 Å². The molecule has 1 N–H and O–H groups in total. The summed E-state index contributed by atoms with van der Waals surface area (Å²) in [4.78, 5) is 0. The molecule has 100 valence electrons. The Balaban J connectivity index is 1.49. The molecule has 0 aliphatic heterocycles. The Kier molecular flexibility index (Phi) is 5.49. The van der Waals surface area contributed by atoms with E-state index < -0.39 is 0 Å². The molecule has 0 amide bonds. The molecule has 1 heterocycles. The third kappa shape index (κ3) is 4.31. The number of nitrogens with one attached hydrogen (secondary N) is 1. The fourth-order valence-corrected chi connectivity index (χ4v) is 2.24. The fourth-order valence-electron chi connectivity index (χ4n) is 2.24. The second-order valence-corrected chi connectivity index (χ2v) is 5.01. The van der Waals surface area contributed by atoms with Crippen LogP contribution in [0.3, 0.4) is 0 Å². The molecule has 1 aromatic heterocycles. The van der Waals surface area contributed by atoms with Crippen molar-refractivity contribution in [2.24, 2.45) is 11.8 Å². The zero-order valence-corrected chi connectivity index (χ0v) is 11.1. The Hall–Kier alpha value is -1.06. The van der Waals surface area contributed by atoms with Crippen molar-refractivity contribution in [3.8, 4) is 0 Å². The summed E-state index contributed by atoms with van der Waals surface area (Å²) in [6.07, 6.45) is 8.63. The highest BCUT2D eigenvalue weighted by Crippen LogP contribution is 2.24. The van der Waals surface area contributed by atoms with Crippen LogP contribution < -0.4 is 5.32 Å². The van der Waals surface area contributed by atoms with Gasteiger partial charge in [0.15, 0.2) is 0 Å². The van der Waals surface area contributed by atoms with Crippen molar-refractivity contribution < 1.29 is 9.15 Å². The lowest BCUT2D eigenvalue weighted by atomic mass is 9.85. The van der Waals surface area contributed by atoms with E-state index in [0.717, 1.165) is 38.0 Å². The molecule has 1 aliphatic rings. The van der Waals surface area contributed by atoms with E-state index in [1.54, 1.807) is 6.26 Å². The van der Waals surface area contributed by atoms with E-state index in [0.29, 0.717) is 5.92 Å². The average Bonchev–Trinajstić information content (AvgIpc) is 2.89. The van der Waals surface area contributed by atoms with E-state index in [1.165, 1.54) is 12.8 Å². The van der Waals surface area contributed by atoms with Gasteiger partial charge in [0.2, 0.25) is 0 Å². The highest BCUT2D eigenvalue weighted by molar-refractivity contribution is 4.97. The van der Waals surface area contributed by atoms with Gasteiger partial charge >= 0.3 is 0 Å². The van der Waals surface area contributed by atoms with E-state index in [4.69, 9.17) is 9.15 Å². The van der Waals surface area contributed by atoms with Gasteiger partial charge < -0.3 is 14.5 Å². The summed E-state index contributed by atoms with van der Waals surface area (Å²) in [7, 11) is 0. The van der Waals surface area contributed by atoms with Gasteiger partial charge in [-0.25, -0.2) is 0 Å². The quantitative estimate of drug-likeness (QED) is 0.596. The summed E-state index contributed by atoms with van der Waals surface area (Å²) in [5, 5.41) is 3.30. The normalized spacial score (nSPS) is 23.4. The van der Waals surface area contributed by atoms with Gasteiger partial charge in [0.1, 0.15) is 5.76 Å². The summed E-state index contributed by atoms with van der Waals surface area (Å²) in [5.41, 5.74) is 0. The van der Waals surface area contributed by atoms with E-state index in [1.807, 2.05) is 12.1 Å². The number of allylic oxidation sites excluding steroid dienone is 2. The lowest BCUT2D eigenvalue weighted by Crippen LogP contribution is -2.23. The third-order valence-electron chi connectivity index (χ3n) is 3.55. The predicted octanol–water partition coefficient (Wildman–Crippen LogP) is 2.99. The van der Waals surface area contributed by atoms with E-state index >= 15 is 0 Å². The van der Waals surface area contributed by atoms with Crippen molar-refractivity contribution >= 4 is 0 Å². The molecule has 2 atom stereocenters. The maximum absolute atomic E-state index is 5.74. The molecule has 0 spiro atoms. The van der Waals surface area contributed by atoms with Crippen LogP contribution in [0, 0.1) is 11.8 Å². The molecule has 2 rings (SSSR count). The first kappa shape index (κ1) is 13.4. The molecule has 1 aromatic rings. The smallest absolute Gasteiger partial charge is 0.117 e. The first-order valence-electron chi connectivity index (χ1n) is 6.82. The van der Waals surface area contributed by atoms with Gasteiger partial charge in [-0.05, 0) is 36.8 Å². The van der Waals surface area contributed by atoms with Crippen molar-refractivity contribution in [1.82, 2.24) is 5.32 Å². The average molecular weight is 249 g/mol. The van der Waals surface area contributed by atoms with Gasteiger partial charge in [-0.1, -0.05) is 19.1 Å². The van der Waals surface area contributed by atoms with Crippen molar-refractivity contribution in [3.63, 3.8) is 0 Å². The molecular weight excluding hydrogens is 226 g/mol. The topological polar surface area (TPSA) is 34.4 Å². The van der Waals surface area contributed by atoms with Gasteiger partial charge in [-0.2, -0.15) is 0 Å². The highest BCUT2D eigenvalue weighted by Gasteiger charge is 2.17. The summed E-state index contributed by atoms with van der Waals surface area (Å²) in [5.74, 6) is 2.42. The Morgan fingerprint density at radius 1 is 1.39 bits per heavy atom. The minimum Gasteiger partial charge on any atom is -0.468 e. The van der Waals surface area contributed by atoms with Gasteiger partial charge in [-0.3, -0.25) is 0 Å². The Bertz CT molecular complexity index is 345. The lowest BCUT2D eigenvalue weighted by molar-refractivity contribution is 0.0805. The molecule has 18 heavy (non-hydrogen) atoms. The molecule has 3 nitrogen and oxygen atoms in total. The zero-order valence-electron chi connectivity index (χ0n) is 11.1. The Morgan fingerprint density at radius 3 is 3.06 bits per heavy atom. The Labute approximate surface area is 109 Å². The molecule has 0 bridgehead atoms. The number of hydrogen-bond donors (Lipinski definition) is 1. The van der Waals surface area contributed by atoms with Crippen LogP contribution in [-0.4, -0.2) is 19.8 Å². The minimum atomic E-state index is 0.695. The maximum atomic E-state index is 5.74. The second kappa shape index (κ2) is 7.39. The monoisotopic (exact) mass is 249 g/mol. The molecule has 0 fully saturated rings. The summed E-state index contributed by atoms with van der Waals surface area (Å²) >= 11 is 0. The van der Waals surface area contributed by atoms with Gasteiger partial charge in [0, 0.05) is 6.54 Å². The summed E-state index contributed by atoms with van der Waals surface area (Å²) in [6, 6.07) is 3.88. The lowest BCUT2D eigenvalue weighted by Gasteiger charge is -2.24. The predicted molar refractivity (Wildman–Crippen MR) is 72.3 cm³/mol. The van der Waals surface area contributed by atoms with Crippen LogP contribution in [-0.2, 0) is 11.3 Å². The van der Waals surface area contributed by atoms with E-state index in [2.05, 4.69) is 24.4 Å². The maximum Gasteiger partial charge on any atom is 0.117 e. The van der Waals surface area contributed by atoms with Crippen LogP contribution >= 0.6 is 0 Å². The molecule has 1 aliphatic carbocycles. The first-order chi connectivity index (χ1) is 8.86. The standard InChI is InChI=1S/C15H23NO2/c1-13-5-2-3-6-14(13)12-17-10-8-16-11-15-7-4-9-18-15/h2-4,7,9,13-14,16H,5-6,8,10-12H2,1H3. The van der Waals surface area contributed by atoms with Crippen LogP contribution in [0.15, 0.2) is 35.0 Å². The van der Waals surface area contributed by atoms with Gasteiger partial charge in [-0.15, -0.1) is 0 Å². The van der Waals surface area contributed by atoms with Crippen LogP contribution in [0.2, 0.25) is 0 Å². The van der Waals surface area contributed by atoms with Crippen LogP contribution in [0.25, 0.3) is 0 Å². The summed E-state index contributed by atoms with van der Waals surface area (Å²) in [6.45, 7) is 5.62. The largest absolute Gasteiger partial charge is 0.468 e. The molecule has 2 unspecified atom stereocenters. The van der Waals surface area contributed by atoms with Gasteiger partial charge in [0.25, 0.3) is 0 Å². The molecule has 0 radical (unpaired) electrons. The molecule has 0 aromatic carbocycles. The number of ether oxygens (including phenoxy) is 1. The zero-order chi connectivity index (χ0) is 12.6. The Morgan fingerprint density at radius 2 is 2.28 bits per heavy atom. The van der Waals surface area contributed by atoms with Crippen LogP contribution in [0.5, 0.6) is 0 Å². The molecule has 0 saturated carbocycles. The molecule has 0 saturated heterocycles. The third-order valence-corrected chi connectivity index (χ3v) is 3.55. The van der Waals surface area contributed by atoms with Crippen LogP contribution in [0.1, 0.15) is 25.5 Å². The highest BCUT2D eigenvalue weighted by atomic mass is 16.5. The minimum absolute atomic E-state index is 0.695. The number of furan rings is 1. The molecular formula is C15H23NO2. The van der Waals surface area contributed by atoms with Gasteiger partial charge in [0.05, 0.1) is 26.0 Å². The number of hydrogen-bond acceptors (Lipinski definition) is 3.